The second-order valence-electron chi connectivity index (χ2n) is 8.47. The molecule has 4 amide bonds. The number of para-hydroxylation sites is 1. The Hall–Kier alpha value is -4.92. The minimum Gasteiger partial charge on any atom is -0.493 e. The van der Waals surface area contributed by atoms with Gasteiger partial charge in [-0.25, -0.2) is 14.5 Å². The summed E-state index contributed by atoms with van der Waals surface area (Å²) >= 11 is 0. The number of anilines is 1. The van der Waals surface area contributed by atoms with Gasteiger partial charge in [-0.15, -0.1) is 0 Å². The summed E-state index contributed by atoms with van der Waals surface area (Å²) < 4.78 is 11.4. The van der Waals surface area contributed by atoms with Crippen LogP contribution in [0.1, 0.15) is 32.6 Å². The highest BCUT2D eigenvalue weighted by Crippen LogP contribution is 2.34. The van der Waals surface area contributed by atoms with Crippen molar-refractivity contribution in [3.8, 4) is 11.5 Å². The molecule has 1 aliphatic rings. The van der Waals surface area contributed by atoms with Crippen LogP contribution in [0.25, 0.3) is 6.08 Å². The van der Waals surface area contributed by atoms with Crippen molar-refractivity contribution in [1.82, 2.24) is 5.32 Å². The number of carboxylic acids is 1. The van der Waals surface area contributed by atoms with E-state index >= 15 is 0 Å². The van der Waals surface area contributed by atoms with Gasteiger partial charge in [0.25, 0.3) is 11.8 Å². The average molecular weight is 501 g/mol. The number of rotatable bonds is 7. The van der Waals surface area contributed by atoms with Crippen LogP contribution in [0.4, 0.5) is 10.5 Å². The summed E-state index contributed by atoms with van der Waals surface area (Å²) in [5.41, 5.74) is 3.06. The predicted molar refractivity (Wildman–Crippen MR) is 136 cm³/mol. The van der Waals surface area contributed by atoms with E-state index in [1.54, 1.807) is 42.5 Å². The highest BCUT2D eigenvalue weighted by atomic mass is 16.5. The van der Waals surface area contributed by atoms with Gasteiger partial charge in [0, 0.05) is 5.56 Å². The van der Waals surface area contributed by atoms with E-state index in [0.717, 1.165) is 16.0 Å². The molecule has 1 heterocycles. The van der Waals surface area contributed by atoms with Crippen molar-refractivity contribution in [2.75, 3.05) is 12.0 Å². The molecule has 0 aliphatic carbocycles. The monoisotopic (exact) mass is 500 g/mol. The Morgan fingerprint density at radius 1 is 1.00 bits per heavy atom. The van der Waals surface area contributed by atoms with Gasteiger partial charge in [0.2, 0.25) is 0 Å². The van der Waals surface area contributed by atoms with Gasteiger partial charge in [-0.05, 0) is 66.9 Å². The van der Waals surface area contributed by atoms with E-state index in [2.05, 4.69) is 5.32 Å². The molecule has 0 radical (unpaired) electrons. The van der Waals surface area contributed by atoms with E-state index in [9.17, 15) is 19.2 Å². The second kappa shape index (κ2) is 10.4. The van der Waals surface area contributed by atoms with Crippen molar-refractivity contribution in [1.29, 1.82) is 0 Å². The Morgan fingerprint density at radius 3 is 2.30 bits per heavy atom. The van der Waals surface area contributed by atoms with E-state index in [-0.39, 0.29) is 23.5 Å². The number of amides is 4. The van der Waals surface area contributed by atoms with Crippen LogP contribution in [0.2, 0.25) is 0 Å². The van der Waals surface area contributed by atoms with Gasteiger partial charge < -0.3 is 14.6 Å². The van der Waals surface area contributed by atoms with Crippen molar-refractivity contribution in [3.05, 3.63) is 94.1 Å². The zero-order valence-electron chi connectivity index (χ0n) is 20.4. The first kappa shape index (κ1) is 25.2. The van der Waals surface area contributed by atoms with Crippen LogP contribution >= 0.6 is 0 Å². The number of aryl methyl sites for hydroxylation is 2. The van der Waals surface area contributed by atoms with Crippen LogP contribution < -0.4 is 19.7 Å². The molecule has 0 unspecified atom stereocenters. The maximum absolute atomic E-state index is 13.4. The fourth-order valence-electron chi connectivity index (χ4n) is 3.99. The molecule has 0 spiro atoms. The number of imide groups is 2. The fourth-order valence-corrected chi connectivity index (χ4v) is 3.99. The predicted octanol–water partition coefficient (Wildman–Crippen LogP) is 4.26. The normalized spacial score (nSPS) is 14.5. The van der Waals surface area contributed by atoms with E-state index in [0.29, 0.717) is 22.6 Å². The van der Waals surface area contributed by atoms with Gasteiger partial charge in [-0.1, -0.05) is 30.3 Å². The van der Waals surface area contributed by atoms with Crippen LogP contribution in [0.15, 0.2) is 66.2 Å². The van der Waals surface area contributed by atoms with Crippen molar-refractivity contribution < 1.29 is 33.8 Å². The van der Waals surface area contributed by atoms with Gasteiger partial charge in [-0.3, -0.25) is 14.9 Å². The maximum atomic E-state index is 13.4. The highest BCUT2D eigenvalue weighted by Gasteiger charge is 2.37. The molecule has 1 fully saturated rings. The number of urea groups is 1. The topological polar surface area (TPSA) is 122 Å². The molecule has 2 N–H and O–H groups in total. The molecule has 3 aromatic rings. The number of barbiturate groups is 1. The molecule has 0 atom stereocenters. The SMILES string of the molecule is COc1cccc(/C=C2\C(=O)NC(=O)N(c3cc(C)cc(C)c3)C2=O)c1OCc1ccc(C(=O)O)cc1. The molecule has 4 rings (SSSR count). The lowest BCUT2D eigenvalue weighted by Gasteiger charge is -2.27. The first-order chi connectivity index (χ1) is 17.7. The van der Waals surface area contributed by atoms with Gasteiger partial charge in [0.05, 0.1) is 18.4 Å². The number of carbonyl (C=O) groups excluding carboxylic acids is 3. The smallest absolute Gasteiger partial charge is 0.335 e. The first-order valence-electron chi connectivity index (χ1n) is 11.3. The van der Waals surface area contributed by atoms with Gasteiger partial charge in [0.15, 0.2) is 11.5 Å². The number of methoxy groups -OCH3 is 1. The summed E-state index contributed by atoms with van der Waals surface area (Å²) in [5.74, 6) is -1.99. The number of aromatic carboxylic acids is 1. The Kier molecular flexibility index (Phi) is 7.06. The van der Waals surface area contributed by atoms with E-state index < -0.39 is 23.8 Å². The summed E-state index contributed by atoms with van der Waals surface area (Å²) in [6.45, 7) is 3.77. The molecule has 0 saturated carbocycles. The van der Waals surface area contributed by atoms with E-state index in [1.807, 2.05) is 19.9 Å². The number of nitrogens with zero attached hydrogens (tertiary/aromatic N) is 1. The lowest BCUT2D eigenvalue weighted by molar-refractivity contribution is -0.122. The van der Waals surface area contributed by atoms with Crippen LogP contribution in [-0.4, -0.2) is 36.0 Å². The number of carbonyl (C=O) groups is 4. The number of carboxylic acid groups (broad SMARTS) is 1. The van der Waals surface area contributed by atoms with Gasteiger partial charge in [-0.2, -0.15) is 0 Å². The largest absolute Gasteiger partial charge is 0.493 e. The van der Waals surface area contributed by atoms with Crippen LogP contribution in [0, 0.1) is 13.8 Å². The Labute approximate surface area is 212 Å². The molecule has 0 aromatic heterocycles. The van der Waals surface area contributed by atoms with Gasteiger partial charge >= 0.3 is 12.0 Å². The number of hydrogen-bond donors (Lipinski definition) is 2. The number of benzene rings is 3. The first-order valence-corrected chi connectivity index (χ1v) is 11.3. The lowest BCUT2D eigenvalue weighted by Crippen LogP contribution is -2.54. The van der Waals surface area contributed by atoms with Crippen molar-refractivity contribution in [2.24, 2.45) is 0 Å². The number of ether oxygens (including phenoxy) is 2. The molecule has 1 saturated heterocycles. The van der Waals surface area contributed by atoms with Crippen molar-refractivity contribution >= 4 is 35.6 Å². The average Bonchev–Trinajstić information content (AvgIpc) is 2.85. The Morgan fingerprint density at radius 2 is 1.68 bits per heavy atom. The summed E-state index contributed by atoms with van der Waals surface area (Å²) in [7, 11) is 1.46. The zero-order chi connectivity index (χ0) is 26.7. The standard InChI is InChI=1S/C28H24N2O7/c1-16-11-17(2)13-21(12-16)30-26(32)22(25(31)29-28(30)35)14-20-5-4-6-23(36-3)24(20)37-15-18-7-9-19(10-8-18)27(33)34/h4-14H,15H2,1-3H3,(H,33,34)(H,29,31,35)/b22-14+. The Bertz CT molecular complexity index is 1420. The highest BCUT2D eigenvalue weighted by molar-refractivity contribution is 6.39. The third-order valence-corrected chi connectivity index (χ3v) is 5.68. The van der Waals surface area contributed by atoms with Crippen LogP contribution in [-0.2, 0) is 16.2 Å². The molecule has 37 heavy (non-hydrogen) atoms. The summed E-state index contributed by atoms with van der Waals surface area (Å²) in [4.78, 5) is 50.7. The molecular formula is C28H24N2O7. The van der Waals surface area contributed by atoms with Crippen LogP contribution in [0.5, 0.6) is 11.5 Å². The minimum atomic E-state index is -1.03. The summed E-state index contributed by atoms with van der Waals surface area (Å²) in [6.07, 6.45) is 1.35. The quantitative estimate of drug-likeness (QED) is 0.367. The molecular weight excluding hydrogens is 476 g/mol. The minimum absolute atomic E-state index is 0.0732. The number of nitrogens with one attached hydrogen (secondary N) is 1. The maximum Gasteiger partial charge on any atom is 0.335 e. The zero-order valence-corrected chi connectivity index (χ0v) is 20.4. The summed E-state index contributed by atoms with van der Waals surface area (Å²) in [6, 6.07) is 15.6. The van der Waals surface area contributed by atoms with E-state index in [4.69, 9.17) is 14.6 Å². The fraction of sp³-hybridized carbons (Fsp3) is 0.143. The third-order valence-electron chi connectivity index (χ3n) is 5.68. The molecule has 0 bridgehead atoms. The molecule has 188 valence electrons. The van der Waals surface area contributed by atoms with Crippen molar-refractivity contribution in [2.45, 2.75) is 20.5 Å². The molecule has 9 heteroatoms. The van der Waals surface area contributed by atoms with Crippen LogP contribution in [0.3, 0.4) is 0 Å². The Balaban J connectivity index is 1.69. The number of hydrogen-bond acceptors (Lipinski definition) is 6. The van der Waals surface area contributed by atoms with Crippen molar-refractivity contribution in [3.63, 3.8) is 0 Å². The second-order valence-corrected chi connectivity index (χ2v) is 8.47. The lowest BCUT2D eigenvalue weighted by atomic mass is 10.0. The summed E-state index contributed by atoms with van der Waals surface area (Å²) in [5, 5.41) is 11.3. The van der Waals surface area contributed by atoms with E-state index in [1.165, 1.54) is 25.3 Å². The molecule has 3 aromatic carbocycles. The third kappa shape index (κ3) is 5.35. The van der Waals surface area contributed by atoms with Gasteiger partial charge in [0.1, 0.15) is 12.2 Å². The molecule has 1 aliphatic heterocycles. The molecule has 9 nitrogen and oxygen atoms in total.